The van der Waals surface area contributed by atoms with Crippen LogP contribution in [0.3, 0.4) is 0 Å². The number of hydrogen-bond acceptors (Lipinski definition) is 6. The Morgan fingerprint density at radius 3 is 2.15 bits per heavy atom. The molecule has 41 heavy (non-hydrogen) atoms. The van der Waals surface area contributed by atoms with E-state index in [1.807, 2.05) is 13.8 Å². The van der Waals surface area contributed by atoms with Crippen LogP contribution >= 0.6 is 0 Å². The zero-order chi connectivity index (χ0) is 30.3. The lowest BCUT2D eigenvalue weighted by Crippen LogP contribution is -2.60. The number of hydrogen-bond donors (Lipinski definition) is 3. The number of methoxy groups -OCH3 is 1. The molecule has 5 aliphatic rings. The van der Waals surface area contributed by atoms with Crippen molar-refractivity contribution in [3.63, 3.8) is 0 Å². The van der Waals surface area contributed by atoms with E-state index in [0.717, 1.165) is 44.9 Å². The second-order valence-corrected chi connectivity index (χ2v) is 16.1. The summed E-state index contributed by atoms with van der Waals surface area (Å²) in [6, 6.07) is 0. The predicted octanol–water partition coefficient (Wildman–Crippen LogP) is 6.02. The number of carbonyl (C=O) groups is 2. The van der Waals surface area contributed by atoms with Crippen molar-refractivity contribution in [1.82, 2.24) is 0 Å². The van der Waals surface area contributed by atoms with Crippen LogP contribution in [0.5, 0.6) is 0 Å². The maximum atomic E-state index is 12.0. The van der Waals surface area contributed by atoms with Crippen molar-refractivity contribution in [3.05, 3.63) is 0 Å². The van der Waals surface area contributed by atoms with Crippen LogP contribution in [0.1, 0.15) is 106 Å². The third-order valence-corrected chi connectivity index (χ3v) is 14.3. The molecule has 0 bridgehead atoms. The van der Waals surface area contributed by atoms with Gasteiger partial charge in [0.2, 0.25) is 0 Å². The second kappa shape index (κ2) is 10.0. The third-order valence-electron chi connectivity index (χ3n) is 14.3. The molecular weight excluding hydrogens is 520 g/mol. The average molecular weight is 577 g/mol. The molecule has 4 unspecified atom stereocenters. The summed E-state index contributed by atoms with van der Waals surface area (Å²) >= 11 is 0. The molecule has 0 aliphatic heterocycles. The Kier molecular flexibility index (Phi) is 7.54. The van der Waals surface area contributed by atoms with Gasteiger partial charge >= 0.3 is 12.2 Å². The quantitative estimate of drug-likeness (QED) is 0.323. The van der Waals surface area contributed by atoms with Gasteiger partial charge in [0.05, 0.1) is 12.2 Å². The van der Waals surface area contributed by atoms with Crippen LogP contribution in [0, 0.1) is 56.7 Å². The van der Waals surface area contributed by atoms with Crippen LogP contribution in [-0.2, 0) is 14.2 Å². The second-order valence-electron chi connectivity index (χ2n) is 16.1. The SMILES string of the molecule is COC(C[C@@H](C)[C@H]1C[C@H](O)C2(C)C3CCC4C(C)(C)[C@@H](OC(N)=O)CC[C@@]45C[C@@]35CC[C@]12C)[C@H](OC(N)=O)C(C)C. The molecule has 234 valence electrons. The fraction of sp³-hybridized carbons (Fsp3) is 0.939. The number of nitrogens with two attached hydrogens (primary N) is 2. The van der Waals surface area contributed by atoms with Crippen molar-refractivity contribution < 1.29 is 28.9 Å². The van der Waals surface area contributed by atoms with Gasteiger partial charge in [0.15, 0.2) is 0 Å². The average Bonchev–Trinajstić information content (AvgIpc) is 3.50. The first kappa shape index (κ1) is 30.9. The molecule has 2 amide bonds. The number of amides is 2. The minimum Gasteiger partial charge on any atom is -0.446 e. The summed E-state index contributed by atoms with van der Waals surface area (Å²) in [4.78, 5) is 23.4. The molecule has 0 aromatic rings. The fourth-order valence-electron chi connectivity index (χ4n) is 12.3. The van der Waals surface area contributed by atoms with E-state index in [1.165, 1.54) is 12.8 Å². The molecule has 8 nitrogen and oxygen atoms in total. The Balaban J connectivity index is 1.39. The van der Waals surface area contributed by atoms with Gasteiger partial charge in [-0.25, -0.2) is 9.59 Å². The van der Waals surface area contributed by atoms with Gasteiger partial charge in [-0.3, -0.25) is 0 Å². The first-order chi connectivity index (χ1) is 19.0. The largest absolute Gasteiger partial charge is 0.446 e. The van der Waals surface area contributed by atoms with Crippen molar-refractivity contribution in [2.75, 3.05) is 7.11 Å². The maximum absolute atomic E-state index is 12.0. The predicted molar refractivity (Wildman–Crippen MR) is 157 cm³/mol. The fourth-order valence-corrected chi connectivity index (χ4v) is 12.3. The highest BCUT2D eigenvalue weighted by molar-refractivity contribution is 5.65. The Hall–Kier alpha value is -1.54. The van der Waals surface area contributed by atoms with Crippen molar-refractivity contribution in [3.8, 4) is 0 Å². The first-order valence-electron chi connectivity index (χ1n) is 16.1. The van der Waals surface area contributed by atoms with Gasteiger partial charge in [-0.05, 0) is 104 Å². The van der Waals surface area contributed by atoms with Crippen LogP contribution in [0.15, 0.2) is 0 Å². The van der Waals surface area contributed by atoms with Gasteiger partial charge in [-0.15, -0.1) is 0 Å². The summed E-state index contributed by atoms with van der Waals surface area (Å²) in [6.45, 7) is 15.8. The smallest absolute Gasteiger partial charge is 0.404 e. The number of primary amides is 2. The maximum Gasteiger partial charge on any atom is 0.404 e. The van der Waals surface area contributed by atoms with E-state index in [9.17, 15) is 14.7 Å². The lowest BCUT2D eigenvalue weighted by Gasteiger charge is -2.63. The Morgan fingerprint density at radius 1 is 0.927 bits per heavy atom. The molecule has 0 aromatic heterocycles. The van der Waals surface area contributed by atoms with Crippen molar-refractivity contribution in [1.29, 1.82) is 0 Å². The highest BCUT2D eigenvalue weighted by atomic mass is 16.6. The van der Waals surface area contributed by atoms with Crippen molar-refractivity contribution in [2.24, 2.45) is 68.1 Å². The van der Waals surface area contributed by atoms with E-state index in [-0.39, 0.29) is 57.2 Å². The standard InChI is InChI=1S/C33H56N2O6/c1-18(2)26(41-28(35)38)21(39-8)15-19(3)20-16-24(36)31(7)23-10-9-22-29(4,5)25(40-27(34)37)11-12-32(22)17-33(23,32)14-13-30(20,31)6/h18-26,36H,9-17H2,1-8H3,(H2,34,37)(H2,35,38)/t19-,20-,21?,22?,23?,24+,25+,26-,30-,31?,32-,33+/m1/s1. The molecule has 0 aromatic carbocycles. The number of rotatable bonds is 8. The Bertz CT molecular complexity index is 1050. The normalized spacial score (nSPS) is 46.2. The zero-order valence-electron chi connectivity index (χ0n) is 26.7. The van der Waals surface area contributed by atoms with Crippen LogP contribution in [0.4, 0.5) is 9.59 Å². The third kappa shape index (κ3) is 4.19. The van der Waals surface area contributed by atoms with E-state index in [0.29, 0.717) is 17.8 Å². The van der Waals surface area contributed by atoms with E-state index in [1.54, 1.807) is 7.11 Å². The lowest BCUT2D eigenvalue weighted by molar-refractivity contribution is -0.182. The van der Waals surface area contributed by atoms with Gasteiger partial charge in [0.25, 0.3) is 0 Å². The summed E-state index contributed by atoms with van der Waals surface area (Å²) in [6.07, 6.45) is 6.77. The zero-order valence-corrected chi connectivity index (χ0v) is 26.7. The van der Waals surface area contributed by atoms with Gasteiger partial charge in [-0.1, -0.05) is 48.5 Å². The summed E-state index contributed by atoms with van der Waals surface area (Å²) in [5.41, 5.74) is 11.2. The number of ether oxygens (including phenoxy) is 3. The van der Waals surface area contributed by atoms with Gasteiger partial charge < -0.3 is 30.8 Å². The number of carbonyl (C=O) groups excluding carboxylic acids is 2. The molecule has 5 aliphatic carbocycles. The van der Waals surface area contributed by atoms with Crippen LogP contribution in [0.25, 0.3) is 0 Å². The number of aliphatic hydroxyl groups excluding tert-OH is 1. The molecule has 5 rings (SSSR count). The van der Waals surface area contributed by atoms with Gasteiger partial charge in [-0.2, -0.15) is 0 Å². The highest BCUT2D eigenvalue weighted by Crippen LogP contribution is 2.89. The monoisotopic (exact) mass is 576 g/mol. The molecule has 5 N–H and O–H groups in total. The van der Waals surface area contributed by atoms with Gasteiger partial charge in [0.1, 0.15) is 12.2 Å². The first-order valence-corrected chi connectivity index (χ1v) is 16.1. The molecule has 0 radical (unpaired) electrons. The van der Waals surface area contributed by atoms with E-state index >= 15 is 0 Å². The topological polar surface area (TPSA) is 134 Å². The molecular formula is C33H56N2O6. The summed E-state index contributed by atoms with van der Waals surface area (Å²) in [5, 5.41) is 12.0. The molecule has 8 heteroatoms. The Morgan fingerprint density at radius 2 is 1.56 bits per heavy atom. The van der Waals surface area contributed by atoms with E-state index in [4.69, 9.17) is 25.7 Å². The minimum atomic E-state index is -0.765. The minimum absolute atomic E-state index is 0.0102. The van der Waals surface area contributed by atoms with Crippen molar-refractivity contribution >= 4 is 12.2 Å². The molecule has 5 saturated carbocycles. The summed E-state index contributed by atoms with van der Waals surface area (Å²) < 4.78 is 17.1. The van der Waals surface area contributed by atoms with Crippen LogP contribution in [-0.4, -0.2) is 48.8 Å². The molecule has 12 atom stereocenters. The number of fused-ring (bicyclic) bond motifs is 2. The summed E-state index contributed by atoms with van der Waals surface area (Å²) in [7, 11) is 1.69. The summed E-state index contributed by atoms with van der Waals surface area (Å²) in [5.74, 6) is 1.71. The van der Waals surface area contributed by atoms with Gasteiger partial charge in [0, 0.05) is 17.9 Å². The van der Waals surface area contributed by atoms with E-state index < -0.39 is 18.3 Å². The molecule has 2 spiro atoms. The molecule has 5 fully saturated rings. The Labute approximate surface area is 247 Å². The van der Waals surface area contributed by atoms with Crippen molar-refractivity contribution in [2.45, 2.75) is 131 Å². The van der Waals surface area contributed by atoms with Crippen LogP contribution in [0.2, 0.25) is 0 Å². The van der Waals surface area contributed by atoms with E-state index in [2.05, 4.69) is 34.6 Å². The number of aliphatic hydroxyl groups is 1. The lowest BCUT2D eigenvalue weighted by atomic mass is 9.41. The highest BCUT2D eigenvalue weighted by Gasteiger charge is 2.83. The molecule has 0 heterocycles. The van der Waals surface area contributed by atoms with Crippen LogP contribution < -0.4 is 11.5 Å². The molecule has 0 saturated heterocycles.